The van der Waals surface area contributed by atoms with E-state index < -0.39 is 12.1 Å². The summed E-state index contributed by atoms with van der Waals surface area (Å²) in [5.41, 5.74) is 4.85. The van der Waals surface area contributed by atoms with Crippen LogP contribution in [0, 0.1) is 5.92 Å². The zero-order valence-corrected chi connectivity index (χ0v) is 7.07. The van der Waals surface area contributed by atoms with Gasteiger partial charge in [-0.2, -0.15) is 11.8 Å². The molecular formula is C7H12FNOS. The smallest absolute Gasteiger partial charge is 0.252 e. The Morgan fingerprint density at radius 3 is 2.55 bits per heavy atom. The monoisotopic (exact) mass is 177 g/mol. The number of hydrogen-bond acceptors (Lipinski definition) is 2. The number of nitrogens with two attached hydrogens (primary N) is 1. The van der Waals surface area contributed by atoms with Gasteiger partial charge < -0.3 is 5.73 Å². The minimum atomic E-state index is -1.42. The van der Waals surface area contributed by atoms with E-state index in [1.807, 2.05) is 11.8 Å². The Hall–Kier alpha value is -0.250. The van der Waals surface area contributed by atoms with Crippen molar-refractivity contribution in [3.05, 3.63) is 0 Å². The van der Waals surface area contributed by atoms with Crippen molar-refractivity contribution in [1.82, 2.24) is 0 Å². The lowest BCUT2D eigenvalue weighted by molar-refractivity contribution is -0.124. The molecule has 0 aromatic carbocycles. The minimum Gasteiger partial charge on any atom is -0.367 e. The maximum atomic E-state index is 12.9. The molecule has 1 heterocycles. The molecule has 4 heteroatoms. The maximum Gasteiger partial charge on any atom is 0.252 e. The zero-order chi connectivity index (χ0) is 8.27. The Kier molecular flexibility index (Phi) is 3.17. The van der Waals surface area contributed by atoms with Crippen LogP contribution in [0.1, 0.15) is 12.8 Å². The van der Waals surface area contributed by atoms with Crippen molar-refractivity contribution in [3.63, 3.8) is 0 Å². The van der Waals surface area contributed by atoms with Gasteiger partial charge in [-0.05, 0) is 24.3 Å². The summed E-state index contributed by atoms with van der Waals surface area (Å²) in [5, 5.41) is 0. The predicted octanol–water partition coefficient (Wildman–Crippen LogP) is 0.953. The topological polar surface area (TPSA) is 43.1 Å². The van der Waals surface area contributed by atoms with Gasteiger partial charge >= 0.3 is 0 Å². The van der Waals surface area contributed by atoms with Crippen molar-refractivity contribution in [2.45, 2.75) is 19.0 Å². The van der Waals surface area contributed by atoms with Crippen molar-refractivity contribution in [1.29, 1.82) is 0 Å². The Morgan fingerprint density at radius 2 is 2.09 bits per heavy atom. The van der Waals surface area contributed by atoms with Gasteiger partial charge in [0, 0.05) is 5.92 Å². The normalized spacial score (nSPS) is 23.0. The molecular weight excluding hydrogens is 165 g/mol. The number of thioether (sulfide) groups is 1. The number of hydrogen-bond donors (Lipinski definition) is 1. The van der Waals surface area contributed by atoms with Crippen molar-refractivity contribution < 1.29 is 9.18 Å². The summed E-state index contributed by atoms with van der Waals surface area (Å²) in [4.78, 5) is 10.4. The summed E-state index contributed by atoms with van der Waals surface area (Å²) in [7, 11) is 0. The van der Waals surface area contributed by atoms with Crippen LogP contribution in [0.4, 0.5) is 4.39 Å². The molecule has 0 radical (unpaired) electrons. The number of amides is 1. The van der Waals surface area contributed by atoms with Crippen LogP contribution in [0.2, 0.25) is 0 Å². The highest BCUT2D eigenvalue weighted by Gasteiger charge is 2.27. The van der Waals surface area contributed by atoms with Gasteiger partial charge in [-0.3, -0.25) is 4.79 Å². The van der Waals surface area contributed by atoms with Crippen LogP contribution in [0.15, 0.2) is 0 Å². The van der Waals surface area contributed by atoms with Crippen LogP contribution in [0.25, 0.3) is 0 Å². The van der Waals surface area contributed by atoms with E-state index in [1.54, 1.807) is 0 Å². The molecule has 1 fully saturated rings. The molecule has 2 nitrogen and oxygen atoms in total. The number of carbonyl (C=O) groups excluding carboxylic acids is 1. The van der Waals surface area contributed by atoms with E-state index in [9.17, 15) is 9.18 Å². The highest BCUT2D eigenvalue weighted by Crippen LogP contribution is 2.26. The van der Waals surface area contributed by atoms with E-state index in [0.29, 0.717) is 0 Å². The minimum absolute atomic E-state index is 0.117. The van der Waals surface area contributed by atoms with Gasteiger partial charge in [0.25, 0.3) is 5.91 Å². The fourth-order valence-electron chi connectivity index (χ4n) is 1.24. The van der Waals surface area contributed by atoms with Gasteiger partial charge in [0.1, 0.15) is 0 Å². The number of primary amides is 1. The molecule has 11 heavy (non-hydrogen) atoms. The molecule has 0 aromatic rings. The molecule has 1 rings (SSSR count). The first-order chi connectivity index (χ1) is 5.22. The number of carbonyl (C=O) groups is 1. The van der Waals surface area contributed by atoms with E-state index in [0.717, 1.165) is 24.3 Å². The van der Waals surface area contributed by atoms with Gasteiger partial charge in [-0.15, -0.1) is 0 Å². The van der Waals surface area contributed by atoms with E-state index >= 15 is 0 Å². The fourth-order valence-corrected chi connectivity index (χ4v) is 2.38. The summed E-state index contributed by atoms with van der Waals surface area (Å²) in [6.45, 7) is 0. The second-order valence-corrected chi connectivity index (χ2v) is 3.98. The van der Waals surface area contributed by atoms with Crippen molar-refractivity contribution in [2.24, 2.45) is 11.7 Å². The molecule has 0 spiro atoms. The molecule has 1 unspecified atom stereocenters. The van der Waals surface area contributed by atoms with Crippen LogP contribution in [-0.4, -0.2) is 23.6 Å². The summed E-state index contributed by atoms with van der Waals surface area (Å²) in [5.74, 6) is 0.993. The van der Waals surface area contributed by atoms with E-state index in [2.05, 4.69) is 0 Å². The number of alkyl halides is 1. The lowest BCUT2D eigenvalue weighted by atomic mass is 9.97. The predicted molar refractivity (Wildman–Crippen MR) is 44.1 cm³/mol. The molecule has 64 valence electrons. The summed E-state index contributed by atoms with van der Waals surface area (Å²) >= 11 is 1.81. The van der Waals surface area contributed by atoms with Crippen LogP contribution >= 0.6 is 11.8 Å². The molecule has 1 amide bonds. The third-order valence-corrected chi connectivity index (χ3v) is 3.00. The highest BCUT2D eigenvalue weighted by molar-refractivity contribution is 7.99. The van der Waals surface area contributed by atoms with Crippen LogP contribution < -0.4 is 5.73 Å². The Bertz CT molecular complexity index is 147. The standard InChI is InChI=1S/C7H12FNOS/c8-6(7(9)10)5-1-3-11-4-2-5/h5-6H,1-4H2,(H2,9,10). The SMILES string of the molecule is NC(=O)C(F)C1CCSCC1. The summed E-state index contributed by atoms with van der Waals surface area (Å²) < 4.78 is 12.9. The quantitative estimate of drug-likeness (QED) is 0.682. The molecule has 1 saturated heterocycles. The zero-order valence-electron chi connectivity index (χ0n) is 6.25. The molecule has 0 saturated carbocycles. The molecule has 0 bridgehead atoms. The molecule has 0 aromatic heterocycles. The summed E-state index contributed by atoms with van der Waals surface area (Å²) in [6.07, 6.45) is 0.153. The van der Waals surface area contributed by atoms with Gasteiger partial charge in [-0.25, -0.2) is 4.39 Å². The second-order valence-electron chi connectivity index (χ2n) is 2.75. The third-order valence-electron chi connectivity index (χ3n) is 1.95. The fraction of sp³-hybridized carbons (Fsp3) is 0.857. The van der Waals surface area contributed by atoms with Crippen molar-refractivity contribution in [2.75, 3.05) is 11.5 Å². The third kappa shape index (κ3) is 2.36. The first kappa shape index (κ1) is 8.84. The second kappa shape index (κ2) is 3.95. The number of rotatable bonds is 2. The lowest BCUT2D eigenvalue weighted by Crippen LogP contribution is -2.33. The van der Waals surface area contributed by atoms with E-state index in [4.69, 9.17) is 5.73 Å². The summed E-state index contributed by atoms with van der Waals surface area (Å²) in [6, 6.07) is 0. The maximum absolute atomic E-state index is 12.9. The first-order valence-electron chi connectivity index (χ1n) is 3.73. The van der Waals surface area contributed by atoms with Gasteiger partial charge in [0.2, 0.25) is 0 Å². The first-order valence-corrected chi connectivity index (χ1v) is 4.88. The Balaban J connectivity index is 2.38. The van der Waals surface area contributed by atoms with E-state index in [-0.39, 0.29) is 5.92 Å². The average Bonchev–Trinajstić information content (AvgIpc) is 2.05. The highest BCUT2D eigenvalue weighted by atomic mass is 32.2. The molecule has 0 aliphatic carbocycles. The van der Waals surface area contributed by atoms with Gasteiger partial charge in [0.15, 0.2) is 6.17 Å². The average molecular weight is 177 g/mol. The van der Waals surface area contributed by atoms with Crippen LogP contribution in [-0.2, 0) is 4.79 Å². The van der Waals surface area contributed by atoms with E-state index in [1.165, 1.54) is 0 Å². The Labute approximate surface area is 69.7 Å². The largest absolute Gasteiger partial charge is 0.367 e. The Morgan fingerprint density at radius 1 is 1.55 bits per heavy atom. The number of halogens is 1. The van der Waals surface area contributed by atoms with Gasteiger partial charge in [0.05, 0.1) is 0 Å². The molecule has 1 aliphatic heterocycles. The molecule has 1 atom stereocenters. The van der Waals surface area contributed by atoms with Crippen molar-refractivity contribution >= 4 is 17.7 Å². The lowest BCUT2D eigenvalue weighted by Gasteiger charge is -2.22. The molecule has 1 aliphatic rings. The van der Waals surface area contributed by atoms with Gasteiger partial charge in [-0.1, -0.05) is 0 Å². The van der Waals surface area contributed by atoms with Crippen molar-refractivity contribution in [3.8, 4) is 0 Å². The van der Waals surface area contributed by atoms with Crippen LogP contribution in [0.3, 0.4) is 0 Å². The van der Waals surface area contributed by atoms with Crippen LogP contribution in [0.5, 0.6) is 0 Å². The molecule has 2 N–H and O–H groups in total.